The van der Waals surface area contributed by atoms with E-state index in [1.165, 1.54) is 27.8 Å². The molecular formula is C17H20. The van der Waals surface area contributed by atoms with Gasteiger partial charge in [0.1, 0.15) is 0 Å². The molecule has 0 bridgehead atoms. The van der Waals surface area contributed by atoms with E-state index < -0.39 is 0 Å². The van der Waals surface area contributed by atoms with Crippen LogP contribution in [0.2, 0.25) is 0 Å². The minimum atomic E-state index is 0.599. The standard InChI is InChI=1S/C17H20/c1-12(2)15-8-10-16(11-9-15)17-13(3)6-5-7-14(17)4/h5-12H,1-4H3. The van der Waals surface area contributed by atoms with Gasteiger partial charge in [-0.2, -0.15) is 0 Å². The molecule has 2 rings (SSSR count). The zero-order chi connectivity index (χ0) is 12.4. The summed E-state index contributed by atoms with van der Waals surface area (Å²) in [7, 11) is 0. The van der Waals surface area contributed by atoms with Gasteiger partial charge in [-0.3, -0.25) is 0 Å². The van der Waals surface area contributed by atoms with Crippen LogP contribution in [0.5, 0.6) is 0 Å². The molecule has 0 saturated heterocycles. The number of hydrogen-bond acceptors (Lipinski definition) is 0. The maximum atomic E-state index is 2.24. The van der Waals surface area contributed by atoms with Crippen LogP contribution in [0.3, 0.4) is 0 Å². The zero-order valence-electron chi connectivity index (χ0n) is 11.1. The molecule has 2 aromatic rings. The van der Waals surface area contributed by atoms with E-state index >= 15 is 0 Å². The lowest BCUT2D eigenvalue weighted by molar-refractivity contribution is 0.867. The Morgan fingerprint density at radius 1 is 0.765 bits per heavy atom. The van der Waals surface area contributed by atoms with Crippen molar-refractivity contribution >= 4 is 0 Å². The van der Waals surface area contributed by atoms with Gasteiger partial charge in [0.05, 0.1) is 0 Å². The van der Waals surface area contributed by atoms with Crippen molar-refractivity contribution < 1.29 is 0 Å². The first-order valence-corrected chi connectivity index (χ1v) is 6.26. The van der Waals surface area contributed by atoms with E-state index in [2.05, 4.69) is 70.2 Å². The lowest BCUT2D eigenvalue weighted by Crippen LogP contribution is -1.90. The summed E-state index contributed by atoms with van der Waals surface area (Å²) in [5, 5.41) is 0. The fraction of sp³-hybridized carbons (Fsp3) is 0.294. The van der Waals surface area contributed by atoms with Gasteiger partial charge in [0.15, 0.2) is 0 Å². The largest absolute Gasteiger partial charge is 0.0617 e. The van der Waals surface area contributed by atoms with Gasteiger partial charge in [-0.15, -0.1) is 0 Å². The van der Waals surface area contributed by atoms with E-state index in [0.717, 1.165) is 0 Å². The molecule has 0 aromatic heterocycles. The molecule has 88 valence electrons. The van der Waals surface area contributed by atoms with Gasteiger partial charge in [-0.1, -0.05) is 56.3 Å². The highest BCUT2D eigenvalue weighted by molar-refractivity contribution is 5.70. The lowest BCUT2D eigenvalue weighted by atomic mass is 9.93. The van der Waals surface area contributed by atoms with E-state index in [1.54, 1.807) is 0 Å². The third kappa shape index (κ3) is 2.41. The quantitative estimate of drug-likeness (QED) is 0.666. The Hall–Kier alpha value is -1.56. The molecule has 17 heavy (non-hydrogen) atoms. The van der Waals surface area contributed by atoms with Crippen LogP contribution in [0, 0.1) is 13.8 Å². The molecule has 0 fully saturated rings. The van der Waals surface area contributed by atoms with Gasteiger partial charge in [0.25, 0.3) is 0 Å². The molecule has 2 aromatic carbocycles. The third-order valence-electron chi connectivity index (χ3n) is 3.35. The molecule has 0 aliphatic heterocycles. The average Bonchev–Trinajstić information content (AvgIpc) is 2.29. The SMILES string of the molecule is Cc1cccc(C)c1-c1ccc(C(C)C)cc1. The summed E-state index contributed by atoms with van der Waals surface area (Å²) in [5.41, 5.74) is 6.80. The van der Waals surface area contributed by atoms with Crippen LogP contribution in [-0.4, -0.2) is 0 Å². The van der Waals surface area contributed by atoms with Gasteiger partial charge in [-0.05, 0) is 47.6 Å². The van der Waals surface area contributed by atoms with Crippen molar-refractivity contribution in [1.82, 2.24) is 0 Å². The monoisotopic (exact) mass is 224 g/mol. The molecular weight excluding hydrogens is 204 g/mol. The Morgan fingerprint density at radius 3 is 1.76 bits per heavy atom. The van der Waals surface area contributed by atoms with Crippen LogP contribution in [0.1, 0.15) is 36.5 Å². The fourth-order valence-electron chi connectivity index (χ4n) is 2.30. The maximum absolute atomic E-state index is 2.24. The van der Waals surface area contributed by atoms with Crippen LogP contribution in [-0.2, 0) is 0 Å². The summed E-state index contributed by atoms with van der Waals surface area (Å²) < 4.78 is 0. The number of hydrogen-bond donors (Lipinski definition) is 0. The van der Waals surface area contributed by atoms with Gasteiger partial charge in [0.2, 0.25) is 0 Å². The second-order valence-corrected chi connectivity index (χ2v) is 5.04. The molecule has 0 saturated carbocycles. The van der Waals surface area contributed by atoms with E-state index in [9.17, 15) is 0 Å². The summed E-state index contributed by atoms with van der Waals surface area (Å²) in [4.78, 5) is 0. The minimum Gasteiger partial charge on any atom is -0.0617 e. The third-order valence-corrected chi connectivity index (χ3v) is 3.35. The maximum Gasteiger partial charge on any atom is -0.0125 e. The molecule has 0 heterocycles. The summed E-state index contributed by atoms with van der Waals surface area (Å²) in [5.74, 6) is 0.599. The smallest absolute Gasteiger partial charge is 0.0125 e. The topological polar surface area (TPSA) is 0 Å². The zero-order valence-corrected chi connectivity index (χ0v) is 11.1. The summed E-state index contributed by atoms with van der Waals surface area (Å²) in [6.07, 6.45) is 0. The van der Waals surface area contributed by atoms with Crippen molar-refractivity contribution in [2.45, 2.75) is 33.6 Å². The van der Waals surface area contributed by atoms with E-state index in [4.69, 9.17) is 0 Å². The molecule has 0 spiro atoms. The molecule has 0 aliphatic carbocycles. The molecule has 0 heteroatoms. The van der Waals surface area contributed by atoms with Crippen molar-refractivity contribution in [1.29, 1.82) is 0 Å². The van der Waals surface area contributed by atoms with Gasteiger partial charge >= 0.3 is 0 Å². The van der Waals surface area contributed by atoms with Gasteiger partial charge < -0.3 is 0 Å². The Labute approximate surface area is 104 Å². The van der Waals surface area contributed by atoms with Crippen molar-refractivity contribution in [3.05, 3.63) is 59.2 Å². The molecule has 0 aliphatic rings. The Bertz CT molecular complexity index is 484. The second-order valence-electron chi connectivity index (χ2n) is 5.04. The van der Waals surface area contributed by atoms with Crippen molar-refractivity contribution in [3.8, 4) is 11.1 Å². The van der Waals surface area contributed by atoms with Crippen LogP contribution in [0.4, 0.5) is 0 Å². The first-order valence-electron chi connectivity index (χ1n) is 6.26. The van der Waals surface area contributed by atoms with E-state index in [1.807, 2.05) is 0 Å². The van der Waals surface area contributed by atoms with E-state index in [0.29, 0.717) is 5.92 Å². The first kappa shape index (κ1) is 11.9. The first-order chi connectivity index (χ1) is 8.09. The number of benzene rings is 2. The highest BCUT2D eigenvalue weighted by Gasteiger charge is 2.05. The molecule has 0 atom stereocenters. The molecule has 0 amide bonds. The van der Waals surface area contributed by atoms with Crippen LogP contribution in [0.25, 0.3) is 11.1 Å². The molecule has 0 radical (unpaired) electrons. The van der Waals surface area contributed by atoms with Crippen molar-refractivity contribution in [2.75, 3.05) is 0 Å². The average molecular weight is 224 g/mol. The highest BCUT2D eigenvalue weighted by Crippen LogP contribution is 2.28. The van der Waals surface area contributed by atoms with Gasteiger partial charge in [-0.25, -0.2) is 0 Å². The van der Waals surface area contributed by atoms with Crippen molar-refractivity contribution in [2.24, 2.45) is 0 Å². The number of rotatable bonds is 2. The van der Waals surface area contributed by atoms with Gasteiger partial charge in [0, 0.05) is 0 Å². The Morgan fingerprint density at radius 2 is 1.29 bits per heavy atom. The summed E-state index contributed by atoms with van der Waals surface area (Å²) >= 11 is 0. The molecule has 0 N–H and O–H groups in total. The Kier molecular flexibility index (Phi) is 3.33. The minimum absolute atomic E-state index is 0.599. The molecule has 0 nitrogen and oxygen atoms in total. The second kappa shape index (κ2) is 4.75. The van der Waals surface area contributed by atoms with Crippen molar-refractivity contribution in [3.63, 3.8) is 0 Å². The number of aryl methyl sites for hydroxylation is 2. The predicted octanol–water partition coefficient (Wildman–Crippen LogP) is 5.09. The Balaban J connectivity index is 2.47. The van der Waals surface area contributed by atoms with Crippen LogP contribution < -0.4 is 0 Å². The van der Waals surface area contributed by atoms with E-state index in [-0.39, 0.29) is 0 Å². The van der Waals surface area contributed by atoms with Crippen LogP contribution in [0.15, 0.2) is 42.5 Å². The summed E-state index contributed by atoms with van der Waals surface area (Å²) in [6.45, 7) is 8.82. The molecule has 0 unspecified atom stereocenters. The highest BCUT2D eigenvalue weighted by atomic mass is 14.1. The summed E-state index contributed by atoms with van der Waals surface area (Å²) in [6, 6.07) is 15.4. The lowest BCUT2D eigenvalue weighted by Gasteiger charge is -2.11. The normalized spacial score (nSPS) is 10.9. The van der Waals surface area contributed by atoms with Crippen LogP contribution >= 0.6 is 0 Å². The fourth-order valence-corrected chi connectivity index (χ4v) is 2.30. The predicted molar refractivity (Wildman–Crippen MR) is 75.4 cm³/mol.